The number of Topliss-reactive ketones (excluding diaryl/α,β-unsaturated/α-hetero) is 1. The van der Waals surface area contributed by atoms with Gasteiger partial charge in [-0.2, -0.15) is 0 Å². The molecule has 1 aromatic heterocycles. The van der Waals surface area contributed by atoms with E-state index < -0.39 is 27.9 Å². The first-order valence-corrected chi connectivity index (χ1v) is 20.4. The van der Waals surface area contributed by atoms with Gasteiger partial charge in [-0.1, -0.05) is 32.1 Å². The fourth-order valence-corrected chi connectivity index (χ4v) is 12.7. The predicted molar refractivity (Wildman–Crippen MR) is 214 cm³/mol. The summed E-state index contributed by atoms with van der Waals surface area (Å²) in [5.74, 6) is 2.12. The number of ketones is 1. The lowest BCUT2D eigenvalue weighted by molar-refractivity contribution is -0.174. The zero-order valence-corrected chi connectivity index (χ0v) is 33.6. The van der Waals surface area contributed by atoms with Crippen LogP contribution < -0.4 is 19.5 Å². The highest BCUT2D eigenvalue weighted by atomic mass is 32.1. The van der Waals surface area contributed by atoms with Crippen molar-refractivity contribution >= 4 is 28.8 Å². The zero-order valence-electron chi connectivity index (χ0n) is 32.8. The number of carbonyl (C=O) groups excluding carboxylic acids is 2. The maximum absolute atomic E-state index is 14.8. The molecule has 0 saturated heterocycles. The molecule has 292 valence electrons. The Labute approximate surface area is 328 Å². The van der Waals surface area contributed by atoms with Crippen LogP contribution in [0.15, 0.2) is 78.4 Å². The number of fused-ring (bicyclic) bond motifs is 1. The van der Waals surface area contributed by atoms with Gasteiger partial charge in [-0.15, -0.1) is 11.3 Å². The van der Waals surface area contributed by atoms with Gasteiger partial charge in [0.2, 0.25) is 0 Å². The molecule has 2 spiro atoms. The van der Waals surface area contributed by atoms with Crippen molar-refractivity contribution in [3.05, 3.63) is 93.7 Å². The van der Waals surface area contributed by atoms with Crippen molar-refractivity contribution in [1.29, 1.82) is 0 Å². The summed E-state index contributed by atoms with van der Waals surface area (Å²) in [4.78, 5) is 32.8. The van der Waals surface area contributed by atoms with Gasteiger partial charge in [0.05, 0.1) is 51.0 Å². The van der Waals surface area contributed by atoms with Crippen LogP contribution in [0.4, 0.5) is 10.5 Å². The topological polar surface area (TPSA) is 118 Å². The predicted octanol–water partition coefficient (Wildman–Crippen LogP) is 8.59. The maximum Gasteiger partial charge on any atom is 0.322 e. The van der Waals surface area contributed by atoms with E-state index in [2.05, 4.69) is 37.4 Å². The van der Waals surface area contributed by atoms with Crippen LogP contribution in [0, 0.1) is 40.4 Å². The van der Waals surface area contributed by atoms with Gasteiger partial charge in [0.15, 0.2) is 5.78 Å². The fourth-order valence-electron chi connectivity index (χ4n) is 11.9. The molecule has 2 aromatic carbocycles. The second-order valence-electron chi connectivity index (χ2n) is 17.2. The summed E-state index contributed by atoms with van der Waals surface area (Å²) in [5.41, 5.74) is -0.758. The number of aliphatic hydroxyl groups is 2. The van der Waals surface area contributed by atoms with Crippen LogP contribution >= 0.6 is 11.3 Å². The minimum Gasteiger partial charge on any atom is -0.497 e. The minimum atomic E-state index is -1.26. The van der Waals surface area contributed by atoms with Gasteiger partial charge in [-0.05, 0) is 118 Å². The van der Waals surface area contributed by atoms with Gasteiger partial charge >= 0.3 is 6.03 Å². The molecular formula is C45H54N2O7S. The number of aryl methyl sites for hydroxylation is 1. The summed E-state index contributed by atoms with van der Waals surface area (Å²) < 4.78 is 16.5. The molecule has 9 nitrogen and oxygen atoms in total. The van der Waals surface area contributed by atoms with Crippen molar-refractivity contribution in [1.82, 2.24) is 4.90 Å². The monoisotopic (exact) mass is 766 g/mol. The van der Waals surface area contributed by atoms with Crippen molar-refractivity contribution in [2.45, 2.75) is 84.0 Å². The third kappa shape index (κ3) is 5.68. The molecule has 0 radical (unpaired) electrons. The van der Waals surface area contributed by atoms with Crippen molar-refractivity contribution < 1.29 is 34.0 Å². The Morgan fingerprint density at radius 1 is 0.873 bits per heavy atom. The van der Waals surface area contributed by atoms with Crippen LogP contribution in [0.2, 0.25) is 0 Å². The fraction of sp³-hybridized carbons (Fsp3) is 0.511. The summed E-state index contributed by atoms with van der Waals surface area (Å²) in [6.45, 7) is 6.91. The molecule has 3 aromatic rings. The molecule has 3 fully saturated rings. The van der Waals surface area contributed by atoms with E-state index in [1.807, 2.05) is 31.2 Å². The number of urea groups is 1. The Hall–Kier alpha value is -4.12. The molecule has 2 amide bonds. The molecule has 55 heavy (non-hydrogen) atoms. The number of hydrogen-bond donors (Lipinski definition) is 3. The molecule has 9 rings (SSSR count). The first-order valence-electron chi connectivity index (χ1n) is 19.6. The third-order valence-electron chi connectivity index (χ3n) is 14.9. The lowest BCUT2D eigenvalue weighted by Gasteiger charge is -2.71. The Kier molecular flexibility index (Phi) is 9.29. The molecule has 0 aliphatic heterocycles. The highest BCUT2D eigenvalue weighted by Gasteiger charge is 2.74. The van der Waals surface area contributed by atoms with Crippen LogP contribution in [0.1, 0.15) is 78.9 Å². The Balaban J connectivity index is 1.18. The molecule has 3 N–H and O–H groups in total. The van der Waals surface area contributed by atoms with E-state index in [4.69, 9.17) is 14.2 Å². The van der Waals surface area contributed by atoms with E-state index in [0.29, 0.717) is 42.2 Å². The van der Waals surface area contributed by atoms with Crippen molar-refractivity contribution in [3.8, 4) is 17.2 Å². The SMILES string of the molecule is COc1ccc(NC(=O)N(Cc2ccc(OC)cc2OC)CC2(O)CCC3C45C=CC6(C=C4C(=O)c4ccc(C)s4)CC(O)CCC6(C)C5CCC32C)cc1. The Bertz CT molecular complexity index is 2060. The van der Waals surface area contributed by atoms with Crippen molar-refractivity contribution in [2.75, 3.05) is 33.2 Å². The molecule has 8 atom stereocenters. The van der Waals surface area contributed by atoms with Gasteiger partial charge in [0.25, 0.3) is 0 Å². The van der Waals surface area contributed by atoms with Crippen molar-refractivity contribution in [2.24, 2.45) is 33.5 Å². The molecule has 3 saturated carbocycles. The van der Waals surface area contributed by atoms with E-state index in [1.54, 1.807) is 56.6 Å². The number of allylic oxidation sites excluding steroid dienone is 4. The number of carbonyl (C=O) groups is 2. The lowest BCUT2D eigenvalue weighted by Crippen LogP contribution is -2.67. The van der Waals surface area contributed by atoms with Gasteiger partial charge < -0.3 is 34.6 Å². The number of nitrogens with zero attached hydrogens (tertiary/aromatic N) is 1. The summed E-state index contributed by atoms with van der Waals surface area (Å²) in [5, 5.41) is 27.3. The van der Waals surface area contributed by atoms with E-state index in [1.165, 1.54) is 11.3 Å². The van der Waals surface area contributed by atoms with E-state index in [9.17, 15) is 19.8 Å². The number of aliphatic hydroxyl groups excluding tert-OH is 1. The Morgan fingerprint density at radius 2 is 1.56 bits per heavy atom. The van der Waals surface area contributed by atoms with Crippen LogP contribution in [0.25, 0.3) is 0 Å². The molecule has 10 heteroatoms. The number of methoxy groups -OCH3 is 3. The quantitative estimate of drug-likeness (QED) is 0.140. The number of rotatable bonds is 10. The van der Waals surface area contributed by atoms with Crippen LogP contribution in [-0.2, 0) is 6.54 Å². The molecule has 8 unspecified atom stereocenters. The Morgan fingerprint density at radius 3 is 2.25 bits per heavy atom. The highest BCUT2D eigenvalue weighted by molar-refractivity contribution is 7.14. The number of nitrogens with one attached hydrogen (secondary N) is 1. The number of amides is 2. The normalized spacial score (nSPS) is 34.2. The number of anilines is 1. The van der Waals surface area contributed by atoms with Crippen LogP contribution in [0.3, 0.4) is 0 Å². The smallest absolute Gasteiger partial charge is 0.322 e. The molecule has 1 heterocycles. The van der Waals surface area contributed by atoms with Gasteiger partial charge in [-0.25, -0.2) is 4.79 Å². The van der Waals surface area contributed by atoms with Gasteiger partial charge in [0, 0.05) is 44.0 Å². The average molecular weight is 767 g/mol. The second-order valence-corrected chi connectivity index (χ2v) is 18.5. The molecule has 2 bridgehead atoms. The second kappa shape index (κ2) is 13.5. The average Bonchev–Trinajstić information content (AvgIpc) is 3.74. The number of ether oxygens (including phenoxy) is 3. The van der Waals surface area contributed by atoms with Crippen LogP contribution in [0.5, 0.6) is 17.2 Å². The number of hydrogen-bond acceptors (Lipinski definition) is 8. The molecule has 6 aliphatic carbocycles. The summed E-state index contributed by atoms with van der Waals surface area (Å²) in [6, 6.07) is 16.4. The lowest BCUT2D eigenvalue weighted by atomic mass is 9.32. The minimum absolute atomic E-state index is 0.0414. The summed E-state index contributed by atoms with van der Waals surface area (Å²) >= 11 is 1.53. The molecular weight excluding hydrogens is 713 g/mol. The number of benzene rings is 2. The summed E-state index contributed by atoms with van der Waals surface area (Å²) in [7, 11) is 4.80. The standard InChI is InChI=1S/C45H54N2O7S/c1-28-7-14-36(55-28)39(49)34-25-43-21-22-45(34)37(41(43,2)18-15-31(48)24-43)16-19-42(3)38(45)17-20-44(42,51)27-47(26-29-8-11-33(53-5)23-35(29)54-6)40(50)46-30-9-12-32(52-4)13-10-30/h7-14,21-23,25,31,37-38,48,51H,15-20,24,26-27H2,1-6H3,(H,46,50). The van der Waals surface area contributed by atoms with Gasteiger partial charge in [-0.3, -0.25) is 4.79 Å². The molecule has 6 aliphatic rings. The summed E-state index contributed by atoms with van der Waals surface area (Å²) in [6.07, 6.45) is 11.6. The number of thiophene rings is 1. The van der Waals surface area contributed by atoms with E-state index in [0.717, 1.165) is 46.6 Å². The third-order valence-corrected chi connectivity index (χ3v) is 15.9. The van der Waals surface area contributed by atoms with Gasteiger partial charge in [0.1, 0.15) is 17.2 Å². The van der Waals surface area contributed by atoms with E-state index in [-0.39, 0.29) is 42.2 Å². The first-order chi connectivity index (χ1) is 26.2. The zero-order chi connectivity index (χ0) is 39.0. The largest absolute Gasteiger partial charge is 0.497 e. The van der Waals surface area contributed by atoms with E-state index >= 15 is 0 Å². The van der Waals surface area contributed by atoms with Crippen molar-refractivity contribution in [3.63, 3.8) is 0 Å². The maximum atomic E-state index is 14.8. The first kappa shape index (κ1) is 37.8. The van der Waals surface area contributed by atoms with Crippen LogP contribution in [-0.4, -0.2) is 66.5 Å². The highest BCUT2D eigenvalue weighted by Crippen LogP contribution is 2.78.